The number of ether oxygens (including phenoxy) is 2. The maximum absolute atomic E-state index is 12.4. The maximum Gasteiger partial charge on any atom is 0.387 e. The number of alkyl halides is 2. The van der Waals surface area contributed by atoms with Crippen molar-refractivity contribution in [2.24, 2.45) is 0 Å². The zero-order valence-corrected chi connectivity index (χ0v) is 11.0. The van der Waals surface area contributed by atoms with E-state index in [2.05, 4.69) is 15.0 Å². The zero-order valence-electron chi connectivity index (χ0n) is 11.0. The van der Waals surface area contributed by atoms with E-state index in [9.17, 15) is 8.78 Å². The van der Waals surface area contributed by atoms with Gasteiger partial charge in [-0.3, -0.25) is 0 Å². The second-order valence-corrected chi connectivity index (χ2v) is 4.63. The molecular weight excluding hydrogens is 254 g/mol. The van der Waals surface area contributed by atoms with Gasteiger partial charge in [-0.25, -0.2) is 0 Å². The summed E-state index contributed by atoms with van der Waals surface area (Å²) in [5.41, 5.74) is 0.542. The number of likely N-dealkylation sites (N-methyl/N-ethyl adjacent to an activating group) is 1. The lowest BCUT2D eigenvalue weighted by molar-refractivity contribution is -0.0494. The van der Waals surface area contributed by atoms with Crippen LogP contribution in [0.1, 0.15) is 6.42 Å². The van der Waals surface area contributed by atoms with Gasteiger partial charge in [0.2, 0.25) is 0 Å². The minimum Gasteiger partial charge on any atom is -0.497 e. The number of methoxy groups -OCH3 is 1. The summed E-state index contributed by atoms with van der Waals surface area (Å²) in [5, 5.41) is 3.24. The van der Waals surface area contributed by atoms with Gasteiger partial charge >= 0.3 is 6.61 Å². The number of nitrogens with zero attached hydrogens (tertiary/aromatic N) is 1. The summed E-state index contributed by atoms with van der Waals surface area (Å²) in [7, 11) is 3.57. The number of anilines is 1. The van der Waals surface area contributed by atoms with Gasteiger partial charge < -0.3 is 19.7 Å². The first-order valence-electron chi connectivity index (χ1n) is 6.16. The lowest BCUT2D eigenvalue weighted by Crippen LogP contribution is -2.24. The number of hydrogen-bond acceptors (Lipinski definition) is 4. The molecule has 1 N–H and O–H groups in total. The molecule has 0 saturated carbocycles. The molecule has 1 unspecified atom stereocenters. The topological polar surface area (TPSA) is 33.7 Å². The smallest absolute Gasteiger partial charge is 0.387 e. The molecule has 1 heterocycles. The Hall–Kier alpha value is -1.56. The molecule has 6 heteroatoms. The summed E-state index contributed by atoms with van der Waals surface area (Å²) >= 11 is 0. The Morgan fingerprint density at radius 1 is 1.42 bits per heavy atom. The molecule has 1 fully saturated rings. The van der Waals surface area contributed by atoms with Gasteiger partial charge in [-0.1, -0.05) is 0 Å². The molecule has 1 saturated heterocycles. The van der Waals surface area contributed by atoms with Crippen LogP contribution in [0, 0.1) is 0 Å². The van der Waals surface area contributed by atoms with E-state index in [1.54, 1.807) is 12.1 Å². The van der Waals surface area contributed by atoms with E-state index >= 15 is 0 Å². The monoisotopic (exact) mass is 272 g/mol. The lowest BCUT2D eigenvalue weighted by Gasteiger charge is -2.18. The first kappa shape index (κ1) is 13.9. The number of likely N-dealkylation sites (tertiary alicyclic amines) is 1. The molecule has 0 bridgehead atoms. The van der Waals surface area contributed by atoms with Crippen molar-refractivity contribution in [2.45, 2.75) is 19.1 Å². The average Bonchev–Trinajstić information content (AvgIpc) is 2.76. The van der Waals surface area contributed by atoms with Crippen LogP contribution in [-0.2, 0) is 0 Å². The molecule has 1 aliphatic heterocycles. The van der Waals surface area contributed by atoms with Crippen LogP contribution in [-0.4, -0.2) is 44.8 Å². The standard InChI is InChI=1S/C13H18F2N2O2/c1-17-6-5-9(8-17)16-11-7-10(18-2)3-4-12(11)19-13(14)15/h3-4,7,9,13,16H,5-6,8H2,1-2H3. The Morgan fingerprint density at radius 3 is 2.79 bits per heavy atom. The van der Waals surface area contributed by atoms with E-state index in [1.807, 2.05) is 7.05 Å². The van der Waals surface area contributed by atoms with Crippen LogP contribution >= 0.6 is 0 Å². The Labute approximate surface area is 111 Å². The Bertz CT molecular complexity index is 429. The third-order valence-electron chi connectivity index (χ3n) is 3.15. The van der Waals surface area contributed by atoms with E-state index in [-0.39, 0.29) is 11.8 Å². The third-order valence-corrected chi connectivity index (χ3v) is 3.15. The van der Waals surface area contributed by atoms with Crippen molar-refractivity contribution >= 4 is 5.69 Å². The predicted octanol–water partition coefficient (Wildman–Crippen LogP) is 2.41. The van der Waals surface area contributed by atoms with E-state index in [4.69, 9.17) is 4.74 Å². The average molecular weight is 272 g/mol. The summed E-state index contributed by atoms with van der Waals surface area (Å²) in [6.45, 7) is -0.960. The number of nitrogens with one attached hydrogen (secondary N) is 1. The molecule has 0 aliphatic carbocycles. The Balaban J connectivity index is 2.14. The SMILES string of the molecule is COc1ccc(OC(F)F)c(NC2CCN(C)C2)c1. The van der Waals surface area contributed by atoms with Crippen LogP contribution in [0.15, 0.2) is 18.2 Å². The molecule has 19 heavy (non-hydrogen) atoms. The van der Waals surface area contributed by atoms with E-state index in [0.717, 1.165) is 19.5 Å². The lowest BCUT2D eigenvalue weighted by atomic mass is 10.2. The molecule has 1 atom stereocenters. The third kappa shape index (κ3) is 3.70. The van der Waals surface area contributed by atoms with Gasteiger partial charge in [0.05, 0.1) is 12.8 Å². The Morgan fingerprint density at radius 2 is 2.21 bits per heavy atom. The minimum absolute atomic E-state index is 0.144. The van der Waals surface area contributed by atoms with Gasteiger partial charge in [0.1, 0.15) is 11.5 Å². The van der Waals surface area contributed by atoms with E-state index in [1.165, 1.54) is 13.2 Å². The van der Waals surface area contributed by atoms with Crippen molar-refractivity contribution in [2.75, 3.05) is 32.6 Å². The molecule has 4 nitrogen and oxygen atoms in total. The maximum atomic E-state index is 12.4. The highest BCUT2D eigenvalue weighted by atomic mass is 19.3. The van der Waals surface area contributed by atoms with Crippen LogP contribution in [0.5, 0.6) is 11.5 Å². The van der Waals surface area contributed by atoms with Gasteiger partial charge in [0, 0.05) is 18.7 Å². The minimum atomic E-state index is -2.83. The number of halogens is 2. The first-order valence-corrected chi connectivity index (χ1v) is 6.16. The van der Waals surface area contributed by atoms with E-state index in [0.29, 0.717) is 11.4 Å². The molecule has 1 aliphatic rings. The fourth-order valence-corrected chi connectivity index (χ4v) is 2.22. The van der Waals surface area contributed by atoms with Crippen LogP contribution in [0.25, 0.3) is 0 Å². The number of hydrogen-bond donors (Lipinski definition) is 1. The highest BCUT2D eigenvalue weighted by Crippen LogP contribution is 2.31. The largest absolute Gasteiger partial charge is 0.497 e. The Kier molecular flexibility index (Phi) is 4.42. The van der Waals surface area contributed by atoms with Crippen LogP contribution in [0.4, 0.5) is 14.5 Å². The first-order chi connectivity index (χ1) is 9.08. The van der Waals surface area contributed by atoms with Crippen molar-refractivity contribution in [3.8, 4) is 11.5 Å². The van der Waals surface area contributed by atoms with Gasteiger partial charge in [-0.15, -0.1) is 0 Å². The number of benzene rings is 1. The summed E-state index contributed by atoms with van der Waals surface area (Å²) in [4.78, 5) is 2.19. The fraction of sp³-hybridized carbons (Fsp3) is 0.538. The molecule has 0 spiro atoms. The molecule has 106 valence electrons. The van der Waals surface area contributed by atoms with Crippen molar-refractivity contribution < 1.29 is 18.3 Å². The van der Waals surface area contributed by atoms with Crippen LogP contribution in [0.2, 0.25) is 0 Å². The van der Waals surface area contributed by atoms with Crippen molar-refractivity contribution in [1.82, 2.24) is 4.90 Å². The molecule has 0 radical (unpaired) electrons. The summed E-state index contributed by atoms with van der Waals surface area (Å²) in [6, 6.07) is 5.00. The summed E-state index contributed by atoms with van der Waals surface area (Å²) in [5.74, 6) is 0.751. The van der Waals surface area contributed by atoms with Crippen LogP contribution < -0.4 is 14.8 Å². The fourth-order valence-electron chi connectivity index (χ4n) is 2.22. The quantitative estimate of drug-likeness (QED) is 0.892. The van der Waals surface area contributed by atoms with Gasteiger partial charge in [-0.2, -0.15) is 8.78 Å². The van der Waals surface area contributed by atoms with Crippen molar-refractivity contribution in [1.29, 1.82) is 0 Å². The molecule has 0 amide bonds. The number of rotatable bonds is 5. The van der Waals surface area contributed by atoms with Gasteiger partial charge in [0.15, 0.2) is 0 Å². The highest BCUT2D eigenvalue weighted by Gasteiger charge is 2.21. The molecular formula is C13H18F2N2O2. The van der Waals surface area contributed by atoms with Crippen LogP contribution in [0.3, 0.4) is 0 Å². The van der Waals surface area contributed by atoms with E-state index < -0.39 is 6.61 Å². The zero-order chi connectivity index (χ0) is 13.8. The van der Waals surface area contributed by atoms with Gasteiger partial charge in [0.25, 0.3) is 0 Å². The predicted molar refractivity (Wildman–Crippen MR) is 69.2 cm³/mol. The molecule has 0 aromatic heterocycles. The molecule has 1 aromatic carbocycles. The van der Waals surface area contributed by atoms with Gasteiger partial charge in [-0.05, 0) is 32.1 Å². The second kappa shape index (κ2) is 6.06. The normalized spacial score (nSPS) is 19.7. The summed E-state index contributed by atoms with van der Waals surface area (Å²) in [6.07, 6.45) is 0.974. The molecule has 1 aromatic rings. The van der Waals surface area contributed by atoms with Crippen molar-refractivity contribution in [3.63, 3.8) is 0 Å². The molecule has 2 rings (SSSR count). The second-order valence-electron chi connectivity index (χ2n) is 4.63. The summed E-state index contributed by atoms with van der Waals surface area (Å²) < 4.78 is 34.4. The van der Waals surface area contributed by atoms with Crippen molar-refractivity contribution in [3.05, 3.63) is 18.2 Å². The highest BCUT2D eigenvalue weighted by molar-refractivity contribution is 5.60.